The Bertz CT molecular complexity index is 1180. The molecule has 0 N–H and O–H groups in total. The topological polar surface area (TPSA) is 64.3 Å². The van der Waals surface area contributed by atoms with E-state index in [9.17, 15) is 14.4 Å². The molecule has 1 fully saturated rings. The fourth-order valence-electron chi connectivity index (χ4n) is 4.31. The van der Waals surface area contributed by atoms with E-state index >= 15 is 0 Å². The van der Waals surface area contributed by atoms with Gasteiger partial charge in [0.1, 0.15) is 0 Å². The largest absolute Gasteiger partial charge is 0.343 e. The van der Waals surface area contributed by atoms with Gasteiger partial charge in [0.15, 0.2) is 0 Å². The highest BCUT2D eigenvalue weighted by Crippen LogP contribution is 2.15. The van der Waals surface area contributed by atoms with Gasteiger partial charge in [-0.05, 0) is 37.5 Å². The predicted molar refractivity (Wildman–Crippen MR) is 122 cm³/mol. The maximum absolute atomic E-state index is 13.0. The van der Waals surface area contributed by atoms with E-state index in [1.807, 2.05) is 60.4 Å². The lowest BCUT2D eigenvalue weighted by Crippen LogP contribution is -2.42. The van der Waals surface area contributed by atoms with Crippen LogP contribution in [0.5, 0.6) is 0 Å². The van der Waals surface area contributed by atoms with Crippen LogP contribution in [0.1, 0.15) is 43.2 Å². The molecule has 0 unspecified atom stereocenters. The van der Waals surface area contributed by atoms with Crippen molar-refractivity contribution in [1.82, 2.24) is 14.0 Å². The lowest BCUT2D eigenvalue weighted by Gasteiger charge is -2.21. The Balaban J connectivity index is 1.65. The van der Waals surface area contributed by atoms with E-state index in [1.165, 1.54) is 9.13 Å². The minimum Gasteiger partial charge on any atom is -0.343 e. The minimum absolute atomic E-state index is 0.0571. The number of likely N-dealkylation sites (tertiary alicyclic amines) is 1. The summed E-state index contributed by atoms with van der Waals surface area (Å²) in [6.07, 6.45) is 4.61. The standard InChI is InChI=1S/C25H29N3O3/c1-19-10-12-20(13-11-19)18-28-22-9-5-4-8-21(22)27(24(30)25(28)31)17-14-23(29)26-15-6-2-3-7-16-26/h4-5,8-13H,2-3,6-7,14-18H2,1H3. The summed E-state index contributed by atoms with van der Waals surface area (Å²) in [5, 5.41) is 0. The average molecular weight is 420 g/mol. The van der Waals surface area contributed by atoms with E-state index in [4.69, 9.17) is 0 Å². The first-order valence-corrected chi connectivity index (χ1v) is 11.1. The molecule has 1 aliphatic rings. The second-order valence-electron chi connectivity index (χ2n) is 8.37. The van der Waals surface area contributed by atoms with Gasteiger partial charge >= 0.3 is 11.1 Å². The Morgan fingerprint density at radius 1 is 0.806 bits per heavy atom. The third kappa shape index (κ3) is 4.63. The number of para-hydroxylation sites is 2. The van der Waals surface area contributed by atoms with E-state index in [-0.39, 0.29) is 18.9 Å². The summed E-state index contributed by atoms with van der Waals surface area (Å²) in [4.78, 5) is 40.6. The summed E-state index contributed by atoms with van der Waals surface area (Å²) in [5.74, 6) is 0.0571. The summed E-state index contributed by atoms with van der Waals surface area (Å²) >= 11 is 0. The van der Waals surface area contributed by atoms with Crippen molar-refractivity contribution in [3.63, 3.8) is 0 Å². The lowest BCUT2D eigenvalue weighted by molar-refractivity contribution is -0.131. The normalized spacial score (nSPS) is 14.5. The number of amides is 1. The van der Waals surface area contributed by atoms with Gasteiger partial charge in [-0.1, -0.05) is 54.8 Å². The third-order valence-electron chi connectivity index (χ3n) is 6.11. The van der Waals surface area contributed by atoms with Crippen LogP contribution in [0.3, 0.4) is 0 Å². The smallest absolute Gasteiger partial charge is 0.317 e. The number of nitrogens with zero attached hydrogens (tertiary/aromatic N) is 3. The molecule has 0 bridgehead atoms. The number of carbonyl (C=O) groups excluding carboxylic acids is 1. The number of hydrogen-bond acceptors (Lipinski definition) is 3. The Morgan fingerprint density at radius 3 is 2.03 bits per heavy atom. The van der Waals surface area contributed by atoms with Gasteiger partial charge in [0.05, 0.1) is 17.6 Å². The van der Waals surface area contributed by atoms with Gasteiger partial charge < -0.3 is 9.47 Å². The fourth-order valence-corrected chi connectivity index (χ4v) is 4.31. The van der Waals surface area contributed by atoms with Gasteiger partial charge in [0.2, 0.25) is 5.91 Å². The van der Waals surface area contributed by atoms with E-state index < -0.39 is 11.1 Å². The number of aromatic nitrogens is 2. The molecule has 3 aromatic rings. The predicted octanol–water partition coefficient (Wildman–Crippen LogP) is 3.31. The Labute approximate surface area is 181 Å². The monoisotopic (exact) mass is 419 g/mol. The molecule has 1 saturated heterocycles. The number of rotatable bonds is 5. The van der Waals surface area contributed by atoms with Gasteiger partial charge in [0, 0.05) is 26.1 Å². The van der Waals surface area contributed by atoms with Crippen LogP contribution < -0.4 is 11.1 Å². The van der Waals surface area contributed by atoms with Crippen molar-refractivity contribution in [3.05, 3.63) is 80.4 Å². The van der Waals surface area contributed by atoms with Crippen LogP contribution in [-0.2, 0) is 17.9 Å². The fraction of sp³-hybridized carbons (Fsp3) is 0.400. The highest BCUT2D eigenvalue weighted by atomic mass is 16.2. The lowest BCUT2D eigenvalue weighted by atomic mass is 10.1. The molecule has 2 heterocycles. The first-order valence-electron chi connectivity index (χ1n) is 11.1. The minimum atomic E-state index is -0.575. The number of aryl methyl sites for hydroxylation is 2. The van der Waals surface area contributed by atoms with Crippen molar-refractivity contribution in [1.29, 1.82) is 0 Å². The molecule has 31 heavy (non-hydrogen) atoms. The zero-order valence-corrected chi connectivity index (χ0v) is 18.0. The van der Waals surface area contributed by atoms with Gasteiger partial charge in [-0.3, -0.25) is 19.0 Å². The summed E-state index contributed by atoms with van der Waals surface area (Å²) in [5.41, 5.74) is 2.37. The maximum atomic E-state index is 13.0. The first-order chi connectivity index (χ1) is 15.0. The van der Waals surface area contributed by atoms with Crippen molar-refractivity contribution in [2.24, 2.45) is 0 Å². The van der Waals surface area contributed by atoms with Crippen molar-refractivity contribution >= 4 is 16.9 Å². The van der Waals surface area contributed by atoms with Gasteiger partial charge in [-0.15, -0.1) is 0 Å². The van der Waals surface area contributed by atoms with Crippen molar-refractivity contribution in [2.75, 3.05) is 13.1 Å². The zero-order chi connectivity index (χ0) is 21.8. The Hall–Kier alpha value is -3.15. The molecule has 1 aromatic heterocycles. The molecule has 1 amide bonds. The van der Waals surface area contributed by atoms with Gasteiger partial charge in [-0.2, -0.15) is 0 Å². The van der Waals surface area contributed by atoms with E-state index in [0.717, 1.165) is 49.9 Å². The number of fused-ring (bicyclic) bond motifs is 1. The molecule has 1 aliphatic heterocycles. The molecule has 162 valence electrons. The molecular weight excluding hydrogens is 390 g/mol. The van der Waals surface area contributed by atoms with E-state index in [2.05, 4.69) is 0 Å². The molecule has 0 spiro atoms. The van der Waals surface area contributed by atoms with E-state index in [1.54, 1.807) is 0 Å². The Morgan fingerprint density at radius 2 is 1.39 bits per heavy atom. The first kappa shape index (κ1) is 21.1. The molecular formula is C25H29N3O3. The molecule has 6 nitrogen and oxygen atoms in total. The second kappa shape index (κ2) is 9.33. The molecule has 0 saturated carbocycles. The number of hydrogen-bond donors (Lipinski definition) is 0. The van der Waals surface area contributed by atoms with Crippen molar-refractivity contribution < 1.29 is 4.79 Å². The molecule has 6 heteroatoms. The zero-order valence-electron chi connectivity index (χ0n) is 18.0. The summed E-state index contributed by atoms with van der Waals surface area (Å²) in [6.45, 7) is 4.14. The summed E-state index contributed by atoms with van der Waals surface area (Å²) < 4.78 is 3.01. The quantitative estimate of drug-likeness (QED) is 0.596. The summed E-state index contributed by atoms with van der Waals surface area (Å²) in [7, 11) is 0. The van der Waals surface area contributed by atoms with Crippen molar-refractivity contribution in [2.45, 2.75) is 52.1 Å². The van der Waals surface area contributed by atoms with E-state index in [0.29, 0.717) is 17.6 Å². The van der Waals surface area contributed by atoms with Crippen LogP contribution in [0.2, 0.25) is 0 Å². The highest BCUT2D eigenvalue weighted by molar-refractivity contribution is 5.77. The van der Waals surface area contributed by atoms with Crippen LogP contribution in [0.15, 0.2) is 58.1 Å². The number of benzene rings is 2. The van der Waals surface area contributed by atoms with Gasteiger partial charge in [0.25, 0.3) is 0 Å². The molecule has 2 aromatic carbocycles. The Kier molecular flexibility index (Phi) is 6.35. The van der Waals surface area contributed by atoms with Crippen LogP contribution in [0.25, 0.3) is 11.0 Å². The molecule has 0 aliphatic carbocycles. The van der Waals surface area contributed by atoms with Crippen LogP contribution in [0.4, 0.5) is 0 Å². The van der Waals surface area contributed by atoms with Crippen LogP contribution >= 0.6 is 0 Å². The van der Waals surface area contributed by atoms with Gasteiger partial charge in [-0.25, -0.2) is 0 Å². The number of carbonyl (C=O) groups is 1. The maximum Gasteiger partial charge on any atom is 0.317 e. The second-order valence-corrected chi connectivity index (χ2v) is 8.37. The average Bonchev–Trinajstić information content (AvgIpc) is 3.07. The van der Waals surface area contributed by atoms with Crippen LogP contribution in [0, 0.1) is 6.92 Å². The summed E-state index contributed by atoms with van der Waals surface area (Å²) in [6, 6.07) is 15.4. The molecule has 4 rings (SSSR count). The SMILES string of the molecule is Cc1ccc(Cn2c(=O)c(=O)n(CCC(=O)N3CCCCCC3)c3ccccc32)cc1. The molecule has 0 atom stereocenters. The highest BCUT2D eigenvalue weighted by Gasteiger charge is 2.18. The van der Waals surface area contributed by atoms with Crippen LogP contribution in [-0.4, -0.2) is 33.0 Å². The third-order valence-corrected chi connectivity index (χ3v) is 6.11. The van der Waals surface area contributed by atoms with Crippen molar-refractivity contribution in [3.8, 4) is 0 Å². The molecule has 0 radical (unpaired) electrons.